The molecule has 0 radical (unpaired) electrons. The molecular formula is C14H16Cl3NO. The number of hydrogen-bond acceptors (Lipinski definition) is 1. The molecule has 0 N–H and O–H groups in total. The van der Waals surface area contributed by atoms with Crippen LogP contribution in [0.25, 0.3) is 0 Å². The predicted octanol–water partition coefficient (Wildman–Crippen LogP) is 4.62. The molecule has 0 spiro atoms. The van der Waals surface area contributed by atoms with Crippen molar-refractivity contribution >= 4 is 40.7 Å². The third-order valence-corrected chi connectivity index (χ3v) is 4.70. The zero-order valence-corrected chi connectivity index (χ0v) is 13.0. The molecule has 0 saturated heterocycles. The highest BCUT2D eigenvalue weighted by Gasteiger charge is 2.30. The van der Waals surface area contributed by atoms with Crippen molar-refractivity contribution in [3.63, 3.8) is 0 Å². The van der Waals surface area contributed by atoms with Crippen molar-refractivity contribution in [2.45, 2.75) is 37.1 Å². The molecule has 1 saturated carbocycles. The Balaban J connectivity index is 2.20. The summed E-state index contributed by atoms with van der Waals surface area (Å²) in [6.45, 7) is 0. The van der Waals surface area contributed by atoms with E-state index >= 15 is 0 Å². The van der Waals surface area contributed by atoms with Crippen LogP contribution in [0.5, 0.6) is 0 Å². The minimum absolute atomic E-state index is 0.0145. The van der Waals surface area contributed by atoms with E-state index in [4.69, 9.17) is 34.8 Å². The number of alkyl halides is 1. The third kappa shape index (κ3) is 3.36. The van der Waals surface area contributed by atoms with Gasteiger partial charge in [-0.25, -0.2) is 0 Å². The SMILES string of the molecule is CN(C(=O)c1cc(Cl)ccc1Cl)C1CCCCC1Cl. The van der Waals surface area contributed by atoms with Crippen molar-refractivity contribution in [1.82, 2.24) is 4.90 Å². The standard InChI is InChI=1S/C14H16Cl3NO/c1-18(13-5-3-2-4-12(13)17)14(19)10-8-9(15)6-7-11(10)16/h6-8,12-13H,2-5H2,1H3. The zero-order valence-electron chi connectivity index (χ0n) is 10.7. The highest BCUT2D eigenvalue weighted by Crippen LogP contribution is 2.29. The fourth-order valence-electron chi connectivity index (χ4n) is 2.50. The molecule has 0 aromatic heterocycles. The van der Waals surface area contributed by atoms with Crippen LogP contribution in [0.3, 0.4) is 0 Å². The van der Waals surface area contributed by atoms with Crippen molar-refractivity contribution in [2.75, 3.05) is 7.05 Å². The van der Waals surface area contributed by atoms with Crippen LogP contribution in [-0.2, 0) is 0 Å². The van der Waals surface area contributed by atoms with E-state index in [-0.39, 0.29) is 17.3 Å². The van der Waals surface area contributed by atoms with Crippen molar-refractivity contribution in [2.24, 2.45) is 0 Å². The van der Waals surface area contributed by atoms with Gasteiger partial charge in [-0.05, 0) is 31.0 Å². The lowest BCUT2D eigenvalue weighted by atomic mass is 9.93. The Morgan fingerprint density at radius 2 is 1.95 bits per heavy atom. The maximum Gasteiger partial charge on any atom is 0.255 e. The second kappa shape index (κ2) is 6.34. The fraction of sp³-hybridized carbons (Fsp3) is 0.500. The summed E-state index contributed by atoms with van der Waals surface area (Å²) in [6.07, 6.45) is 4.13. The molecule has 2 unspecified atom stereocenters. The van der Waals surface area contributed by atoms with Crippen LogP contribution in [0.4, 0.5) is 0 Å². The smallest absolute Gasteiger partial charge is 0.255 e. The Morgan fingerprint density at radius 1 is 1.26 bits per heavy atom. The Labute approximate surface area is 128 Å². The number of rotatable bonds is 2. The van der Waals surface area contributed by atoms with Crippen LogP contribution in [0, 0.1) is 0 Å². The molecular weight excluding hydrogens is 305 g/mol. The zero-order chi connectivity index (χ0) is 14.0. The summed E-state index contributed by atoms with van der Waals surface area (Å²) >= 11 is 18.3. The molecule has 0 aliphatic heterocycles. The van der Waals surface area contributed by atoms with Crippen LogP contribution in [-0.4, -0.2) is 29.3 Å². The number of carbonyl (C=O) groups excluding carboxylic acids is 1. The second-order valence-corrected chi connectivity index (χ2v) is 6.31. The molecule has 19 heavy (non-hydrogen) atoms. The number of carbonyl (C=O) groups is 1. The molecule has 1 amide bonds. The van der Waals surface area contributed by atoms with E-state index in [2.05, 4.69) is 0 Å². The van der Waals surface area contributed by atoms with Gasteiger partial charge in [0.1, 0.15) is 0 Å². The minimum atomic E-state index is -0.120. The molecule has 1 aromatic carbocycles. The first-order valence-electron chi connectivity index (χ1n) is 6.37. The van der Waals surface area contributed by atoms with E-state index in [9.17, 15) is 4.79 Å². The lowest BCUT2D eigenvalue weighted by Crippen LogP contribution is -2.44. The van der Waals surface area contributed by atoms with Crippen LogP contribution in [0.2, 0.25) is 10.0 Å². The van der Waals surface area contributed by atoms with Crippen LogP contribution < -0.4 is 0 Å². The van der Waals surface area contributed by atoms with E-state index < -0.39 is 0 Å². The molecule has 2 rings (SSSR count). The van der Waals surface area contributed by atoms with E-state index in [0.717, 1.165) is 25.7 Å². The van der Waals surface area contributed by atoms with E-state index in [1.54, 1.807) is 30.1 Å². The average molecular weight is 321 g/mol. The van der Waals surface area contributed by atoms with Gasteiger partial charge in [-0.3, -0.25) is 4.79 Å². The summed E-state index contributed by atoms with van der Waals surface area (Å²) in [5, 5.41) is 0.941. The summed E-state index contributed by atoms with van der Waals surface area (Å²) in [5.74, 6) is -0.120. The largest absolute Gasteiger partial charge is 0.337 e. The first-order chi connectivity index (χ1) is 9.00. The summed E-state index contributed by atoms with van der Waals surface area (Å²) in [6, 6.07) is 4.99. The number of hydrogen-bond donors (Lipinski definition) is 0. The highest BCUT2D eigenvalue weighted by molar-refractivity contribution is 6.35. The van der Waals surface area contributed by atoms with Gasteiger partial charge < -0.3 is 4.90 Å². The van der Waals surface area contributed by atoms with Crippen molar-refractivity contribution in [3.8, 4) is 0 Å². The molecule has 104 valence electrons. The predicted molar refractivity (Wildman–Crippen MR) is 80.5 cm³/mol. The van der Waals surface area contributed by atoms with Crippen LogP contribution >= 0.6 is 34.8 Å². The lowest BCUT2D eigenvalue weighted by Gasteiger charge is -2.35. The third-order valence-electron chi connectivity index (χ3n) is 3.62. The van der Waals surface area contributed by atoms with Gasteiger partial charge in [-0.2, -0.15) is 0 Å². The van der Waals surface area contributed by atoms with Crippen LogP contribution in [0.1, 0.15) is 36.0 Å². The highest BCUT2D eigenvalue weighted by atomic mass is 35.5. The molecule has 5 heteroatoms. The van der Waals surface area contributed by atoms with Gasteiger partial charge in [0.2, 0.25) is 0 Å². The first-order valence-corrected chi connectivity index (χ1v) is 7.56. The minimum Gasteiger partial charge on any atom is -0.337 e. The molecule has 1 fully saturated rings. The number of benzene rings is 1. The van der Waals surface area contributed by atoms with Gasteiger partial charge in [0, 0.05) is 18.1 Å². The molecule has 2 nitrogen and oxygen atoms in total. The topological polar surface area (TPSA) is 20.3 Å². The molecule has 1 aliphatic rings. The Bertz CT molecular complexity index is 478. The van der Waals surface area contributed by atoms with Gasteiger partial charge in [-0.15, -0.1) is 11.6 Å². The monoisotopic (exact) mass is 319 g/mol. The molecule has 0 bridgehead atoms. The van der Waals surface area contributed by atoms with E-state index in [1.165, 1.54) is 0 Å². The number of nitrogens with zero attached hydrogens (tertiary/aromatic N) is 1. The normalized spacial score (nSPS) is 23.2. The van der Waals surface area contributed by atoms with E-state index in [1.807, 2.05) is 0 Å². The van der Waals surface area contributed by atoms with E-state index in [0.29, 0.717) is 15.6 Å². The molecule has 1 aliphatic carbocycles. The molecule has 2 atom stereocenters. The quantitative estimate of drug-likeness (QED) is 0.728. The summed E-state index contributed by atoms with van der Waals surface area (Å²) in [4.78, 5) is 14.2. The average Bonchev–Trinajstić information content (AvgIpc) is 2.40. The second-order valence-electron chi connectivity index (χ2n) is 4.91. The maximum atomic E-state index is 12.5. The Kier molecular flexibility index (Phi) is 4.99. The summed E-state index contributed by atoms with van der Waals surface area (Å²) in [7, 11) is 1.78. The van der Waals surface area contributed by atoms with Gasteiger partial charge in [-0.1, -0.05) is 36.0 Å². The number of amides is 1. The van der Waals surface area contributed by atoms with Crippen molar-refractivity contribution in [1.29, 1.82) is 0 Å². The van der Waals surface area contributed by atoms with Gasteiger partial charge in [0.25, 0.3) is 5.91 Å². The van der Waals surface area contributed by atoms with Gasteiger partial charge >= 0.3 is 0 Å². The Hall–Kier alpha value is -0.440. The van der Waals surface area contributed by atoms with Crippen LogP contribution in [0.15, 0.2) is 18.2 Å². The summed E-state index contributed by atoms with van der Waals surface area (Å²) in [5.41, 5.74) is 0.436. The van der Waals surface area contributed by atoms with Gasteiger partial charge in [0.15, 0.2) is 0 Å². The maximum absolute atomic E-state index is 12.5. The molecule has 1 aromatic rings. The number of halogens is 3. The lowest BCUT2D eigenvalue weighted by molar-refractivity contribution is 0.0700. The Morgan fingerprint density at radius 3 is 2.63 bits per heavy atom. The fourth-order valence-corrected chi connectivity index (χ4v) is 3.32. The summed E-state index contributed by atoms with van der Waals surface area (Å²) < 4.78 is 0. The molecule has 0 heterocycles. The van der Waals surface area contributed by atoms with Gasteiger partial charge in [0.05, 0.1) is 16.0 Å². The van der Waals surface area contributed by atoms with Crippen molar-refractivity contribution in [3.05, 3.63) is 33.8 Å². The first kappa shape index (κ1) is 15.0. The van der Waals surface area contributed by atoms with Crippen molar-refractivity contribution < 1.29 is 4.79 Å².